The molecule has 3 aliphatic heterocycles. The number of pyridine rings is 1. The quantitative estimate of drug-likeness (QED) is 0.463. The van der Waals surface area contributed by atoms with E-state index in [-0.39, 0.29) is 16.9 Å². The SMILES string of the molecule is C=C/C1=N\C(=C)NC(C2CCNCC2)CCC2CN(c3nc(C(C)(C)C)ccc3C(=O)NS1)C(C)(C)C2. The molecule has 8 heteroatoms. The van der Waals surface area contributed by atoms with E-state index >= 15 is 0 Å². The Labute approximate surface area is 227 Å². The van der Waals surface area contributed by atoms with Gasteiger partial charge in [0.05, 0.1) is 5.56 Å². The first kappa shape index (κ1) is 27.7. The lowest BCUT2D eigenvalue weighted by Gasteiger charge is -2.34. The second-order valence-corrected chi connectivity index (χ2v) is 13.2. The van der Waals surface area contributed by atoms with Gasteiger partial charge in [0, 0.05) is 41.2 Å². The van der Waals surface area contributed by atoms with Crippen molar-refractivity contribution in [3.63, 3.8) is 0 Å². The van der Waals surface area contributed by atoms with Crippen LogP contribution in [0.15, 0.2) is 42.2 Å². The van der Waals surface area contributed by atoms with Gasteiger partial charge in [-0.05, 0) is 89.1 Å². The van der Waals surface area contributed by atoms with E-state index in [0.717, 1.165) is 63.3 Å². The van der Waals surface area contributed by atoms with E-state index in [1.165, 1.54) is 11.9 Å². The maximum Gasteiger partial charge on any atom is 0.265 e. The number of aromatic nitrogens is 1. The van der Waals surface area contributed by atoms with Crippen LogP contribution in [0, 0.1) is 11.8 Å². The summed E-state index contributed by atoms with van der Waals surface area (Å²) >= 11 is 1.17. The van der Waals surface area contributed by atoms with E-state index in [4.69, 9.17) is 4.98 Å². The molecule has 2 unspecified atom stereocenters. The zero-order valence-electron chi connectivity index (χ0n) is 23.2. The number of aliphatic imine (C=N–C) groups is 1. The number of carbonyl (C=O) groups excluding carboxylic acids is 1. The minimum Gasteiger partial charge on any atom is -0.368 e. The van der Waals surface area contributed by atoms with Crippen LogP contribution < -0.4 is 20.3 Å². The van der Waals surface area contributed by atoms with Crippen molar-refractivity contribution in [2.24, 2.45) is 16.8 Å². The van der Waals surface area contributed by atoms with Crippen molar-refractivity contribution in [3.05, 3.63) is 48.4 Å². The molecule has 3 aliphatic rings. The number of nitrogens with zero attached hydrogens (tertiary/aromatic N) is 3. The molecule has 0 aliphatic carbocycles. The molecule has 202 valence electrons. The summed E-state index contributed by atoms with van der Waals surface area (Å²) < 4.78 is 2.98. The van der Waals surface area contributed by atoms with Crippen LogP contribution in [0.5, 0.6) is 0 Å². The molecule has 1 aromatic rings. The fraction of sp³-hybridized carbons (Fsp3) is 0.621. The number of amides is 1. The van der Waals surface area contributed by atoms with Gasteiger partial charge >= 0.3 is 0 Å². The molecular formula is C29H44N6OS. The third kappa shape index (κ3) is 6.58. The van der Waals surface area contributed by atoms with Crippen LogP contribution >= 0.6 is 11.9 Å². The lowest BCUT2D eigenvalue weighted by Crippen LogP contribution is -2.41. The van der Waals surface area contributed by atoms with Crippen LogP contribution in [0.2, 0.25) is 0 Å². The van der Waals surface area contributed by atoms with Gasteiger partial charge < -0.3 is 15.5 Å². The summed E-state index contributed by atoms with van der Waals surface area (Å²) in [7, 11) is 0. The first-order chi connectivity index (χ1) is 17.5. The average Bonchev–Trinajstić information content (AvgIpc) is 3.16. The highest BCUT2D eigenvalue weighted by Gasteiger charge is 2.41. The molecule has 2 fully saturated rings. The predicted molar refractivity (Wildman–Crippen MR) is 156 cm³/mol. The number of carbonyl (C=O) groups is 1. The second-order valence-electron chi connectivity index (χ2n) is 12.4. The molecule has 1 aromatic heterocycles. The zero-order chi connectivity index (χ0) is 26.8. The van der Waals surface area contributed by atoms with Crippen LogP contribution in [0.3, 0.4) is 0 Å². The summed E-state index contributed by atoms with van der Waals surface area (Å²) in [6.45, 7) is 22.2. The number of hydrogen-bond donors (Lipinski definition) is 3. The Morgan fingerprint density at radius 3 is 2.57 bits per heavy atom. The van der Waals surface area contributed by atoms with Gasteiger partial charge in [0.15, 0.2) is 0 Å². The number of rotatable bonds is 2. The minimum atomic E-state index is -0.178. The molecule has 4 heterocycles. The number of anilines is 1. The Balaban J connectivity index is 1.72. The molecule has 1 amide bonds. The summed E-state index contributed by atoms with van der Waals surface area (Å²) in [6, 6.07) is 4.23. The van der Waals surface area contributed by atoms with Gasteiger partial charge in [-0.25, -0.2) is 9.98 Å². The monoisotopic (exact) mass is 524 g/mol. The molecule has 3 N–H and O–H groups in total. The molecule has 4 rings (SSSR count). The lowest BCUT2D eigenvalue weighted by molar-refractivity contribution is 0.0984. The van der Waals surface area contributed by atoms with Crippen LogP contribution in [-0.2, 0) is 5.41 Å². The van der Waals surface area contributed by atoms with E-state index < -0.39 is 0 Å². The van der Waals surface area contributed by atoms with Crippen molar-refractivity contribution in [1.82, 2.24) is 20.3 Å². The van der Waals surface area contributed by atoms with Gasteiger partial charge in [0.1, 0.15) is 16.7 Å². The van der Waals surface area contributed by atoms with E-state index in [9.17, 15) is 4.79 Å². The first-order valence-corrected chi connectivity index (χ1v) is 14.4. The van der Waals surface area contributed by atoms with Crippen molar-refractivity contribution in [2.75, 3.05) is 24.5 Å². The number of nitrogens with one attached hydrogen (secondary N) is 3. The van der Waals surface area contributed by atoms with E-state index in [2.05, 4.69) is 73.0 Å². The van der Waals surface area contributed by atoms with E-state index in [1.807, 2.05) is 12.1 Å². The highest BCUT2D eigenvalue weighted by molar-refractivity contribution is 8.13. The number of hydrogen-bond acceptors (Lipinski definition) is 7. The maximum absolute atomic E-state index is 13.5. The highest BCUT2D eigenvalue weighted by atomic mass is 32.2. The number of piperidine rings is 1. The molecular weight excluding hydrogens is 480 g/mol. The molecule has 2 atom stereocenters. The van der Waals surface area contributed by atoms with Crippen molar-refractivity contribution < 1.29 is 4.79 Å². The molecule has 2 bridgehead atoms. The molecule has 0 saturated carbocycles. The minimum absolute atomic E-state index is 0.0948. The van der Waals surface area contributed by atoms with Gasteiger partial charge in [-0.2, -0.15) is 0 Å². The zero-order valence-corrected chi connectivity index (χ0v) is 24.0. The van der Waals surface area contributed by atoms with Crippen LogP contribution in [-0.4, -0.2) is 47.1 Å². The fourth-order valence-electron chi connectivity index (χ4n) is 5.93. The third-order valence-electron chi connectivity index (χ3n) is 7.96. The van der Waals surface area contributed by atoms with Crippen LogP contribution in [0.1, 0.15) is 82.8 Å². The summed E-state index contributed by atoms with van der Waals surface area (Å²) in [4.78, 5) is 25.6. The van der Waals surface area contributed by atoms with Gasteiger partial charge in [-0.1, -0.05) is 33.9 Å². The van der Waals surface area contributed by atoms with Gasteiger partial charge in [0.25, 0.3) is 5.91 Å². The van der Waals surface area contributed by atoms with Crippen LogP contribution in [0.25, 0.3) is 0 Å². The Hall–Kier alpha value is -2.32. The Kier molecular flexibility index (Phi) is 8.38. The maximum atomic E-state index is 13.5. The van der Waals surface area contributed by atoms with Crippen molar-refractivity contribution in [2.45, 2.75) is 83.7 Å². The highest BCUT2D eigenvalue weighted by Crippen LogP contribution is 2.40. The first-order valence-electron chi connectivity index (χ1n) is 13.6. The summed E-state index contributed by atoms with van der Waals surface area (Å²) in [5.74, 6) is 2.34. The summed E-state index contributed by atoms with van der Waals surface area (Å²) in [6.07, 6.45) is 7.23. The van der Waals surface area contributed by atoms with Gasteiger partial charge in [-0.15, -0.1) is 0 Å². The molecule has 0 radical (unpaired) electrons. The molecule has 0 aromatic carbocycles. The van der Waals surface area contributed by atoms with Crippen LogP contribution in [0.4, 0.5) is 5.82 Å². The predicted octanol–water partition coefficient (Wildman–Crippen LogP) is 5.17. The fourth-order valence-corrected chi connectivity index (χ4v) is 6.48. The second kappa shape index (κ2) is 11.2. The summed E-state index contributed by atoms with van der Waals surface area (Å²) in [5, 5.41) is 7.74. The van der Waals surface area contributed by atoms with Gasteiger partial charge in [-0.3, -0.25) is 9.52 Å². The largest absolute Gasteiger partial charge is 0.368 e. The lowest BCUT2D eigenvalue weighted by atomic mass is 9.84. The third-order valence-corrected chi connectivity index (χ3v) is 8.72. The van der Waals surface area contributed by atoms with Crippen molar-refractivity contribution in [1.29, 1.82) is 0 Å². The Bertz CT molecular complexity index is 1050. The molecule has 0 spiro atoms. The standard InChI is InChI=1S/C29H44N6OS/c1-8-25-32-19(2)31-23(21-13-15-30-16-14-21)11-9-20-17-29(6,7)35(18-20)26-22(27(36)34-37-25)10-12-24(33-26)28(3,4)5/h8,10,12,20-21,23,30-31H,1-2,9,11,13-18H2,3-7H3,(H,34,36)/b32-25+. The Morgan fingerprint density at radius 1 is 1.16 bits per heavy atom. The molecule has 37 heavy (non-hydrogen) atoms. The summed E-state index contributed by atoms with van der Waals surface area (Å²) in [5.41, 5.74) is 1.38. The van der Waals surface area contributed by atoms with Crippen molar-refractivity contribution in [3.8, 4) is 0 Å². The van der Waals surface area contributed by atoms with Gasteiger partial charge in [0.2, 0.25) is 0 Å². The normalized spacial score (nSPS) is 27.2. The molecule has 2 saturated heterocycles. The Morgan fingerprint density at radius 2 is 1.89 bits per heavy atom. The number of fused-ring (bicyclic) bond motifs is 4. The topological polar surface area (TPSA) is 81.7 Å². The van der Waals surface area contributed by atoms with E-state index in [0.29, 0.717) is 34.3 Å². The smallest absolute Gasteiger partial charge is 0.265 e. The van der Waals surface area contributed by atoms with Crippen molar-refractivity contribution >= 4 is 28.7 Å². The van der Waals surface area contributed by atoms with E-state index in [1.54, 1.807) is 6.08 Å². The molecule has 7 nitrogen and oxygen atoms in total. The average molecular weight is 525 g/mol.